The number of aromatic nitrogens is 3. The standard InChI is InChI=1S/C35H48F2I3N5O11/c1-3-18(2)56-26(54)12-19-6-4-5-7-23-33(35(19,36)37)42-43-45(23)11-10-25(53)44(14-22(51)17-48)32-30(39)27(24(52)9-8-20(49)15-46)29(38)28(31(32)40)34(55)41-13-21(50)16-47/h18-22,46-51H,3-17H2,1-2H3,(H,41,55). The number of amides is 2. The summed E-state index contributed by atoms with van der Waals surface area (Å²) in [5.74, 6) is -7.65. The van der Waals surface area contributed by atoms with Gasteiger partial charge >= 0.3 is 5.97 Å². The summed E-state index contributed by atoms with van der Waals surface area (Å²) < 4.78 is 39.0. The van der Waals surface area contributed by atoms with Gasteiger partial charge < -0.3 is 45.6 Å². The molecular formula is C35H48F2I3N5O11. The van der Waals surface area contributed by atoms with Crippen molar-refractivity contribution in [3.05, 3.63) is 33.2 Å². The second-order valence-corrected chi connectivity index (χ2v) is 16.8. The number of Topliss-reactive ketones (excluding diaryl/α,β-unsaturated/α-hetero) is 1. The maximum absolute atomic E-state index is 16.0. The molecule has 2 amide bonds. The van der Waals surface area contributed by atoms with Gasteiger partial charge in [0.25, 0.3) is 11.8 Å². The van der Waals surface area contributed by atoms with Crippen molar-refractivity contribution in [1.29, 1.82) is 0 Å². The Kier molecular flexibility index (Phi) is 19.6. The molecule has 0 fully saturated rings. The number of anilines is 1. The normalized spacial score (nSPS) is 17.5. The number of aliphatic hydroxyl groups excluding tert-OH is 6. The first-order valence-electron chi connectivity index (χ1n) is 18.1. The Morgan fingerprint density at radius 3 is 2.23 bits per heavy atom. The largest absolute Gasteiger partial charge is 0.463 e. The Morgan fingerprint density at radius 2 is 1.61 bits per heavy atom. The van der Waals surface area contributed by atoms with Gasteiger partial charge in [0.15, 0.2) is 11.5 Å². The molecule has 0 saturated carbocycles. The summed E-state index contributed by atoms with van der Waals surface area (Å²) in [6.45, 7) is 0.378. The molecule has 1 heterocycles. The van der Waals surface area contributed by atoms with Crippen molar-refractivity contribution in [2.45, 2.75) is 109 Å². The van der Waals surface area contributed by atoms with Crippen LogP contribution in [0.25, 0.3) is 0 Å². The predicted molar refractivity (Wildman–Crippen MR) is 222 cm³/mol. The van der Waals surface area contributed by atoms with Crippen LogP contribution in [0.3, 0.4) is 0 Å². The summed E-state index contributed by atoms with van der Waals surface area (Å²) >= 11 is 5.43. The third-order valence-corrected chi connectivity index (χ3v) is 12.5. The lowest BCUT2D eigenvalue weighted by molar-refractivity contribution is -0.155. The van der Waals surface area contributed by atoms with Crippen molar-refractivity contribution in [3.63, 3.8) is 0 Å². The second-order valence-electron chi connectivity index (χ2n) is 13.6. The number of hydrogen-bond donors (Lipinski definition) is 7. The number of ketones is 1. The lowest BCUT2D eigenvalue weighted by atomic mass is 9.86. The summed E-state index contributed by atoms with van der Waals surface area (Å²) in [5, 5.41) is 69.0. The Morgan fingerprint density at radius 1 is 0.964 bits per heavy atom. The van der Waals surface area contributed by atoms with Crippen molar-refractivity contribution in [3.8, 4) is 0 Å². The Balaban J connectivity index is 2.06. The van der Waals surface area contributed by atoms with Crippen LogP contribution < -0.4 is 10.2 Å². The first-order valence-corrected chi connectivity index (χ1v) is 21.4. The number of benzene rings is 1. The molecule has 0 aliphatic heterocycles. The minimum atomic E-state index is -3.53. The minimum Gasteiger partial charge on any atom is -0.463 e. The predicted octanol–water partition coefficient (Wildman–Crippen LogP) is 2.43. The van der Waals surface area contributed by atoms with E-state index in [-0.39, 0.29) is 72.0 Å². The average Bonchev–Trinajstić information content (AvgIpc) is 3.57. The average molecular weight is 1130 g/mol. The Bertz CT molecular complexity index is 1650. The highest BCUT2D eigenvalue weighted by Gasteiger charge is 2.48. The number of ether oxygens (including phenoxy) is 1. The fourth-order valence-electron chi connectivity index (χ4n) is 6.00. The molecule has 21 heteroatoms. The van der Waals surface area contributed by atoms with E-state index in [2.05, 4.69) is 15.6 Å². The molecule has 0 radical (unpaired) electrons. The highest BCUT2D eigenvalue weighted by Crippen LogP contribution is 2.44. The molecule has 5 unspecified atom stereocenters. The first-order chi connectivity index (χ1) is 26.4. The summed E-state index contributed by atoms with van der Waals surface area (Å²) in [6.07, 6.45) is -4.03. The van der Waals surface area contributed by atoms with E-state index in [0.29, 0.717) is 19.3 Å². The number of carbonyl (C=O) groups is 4. The van der Waals surface area contributed by atoms with Gasteiger partial charge in [0.1, 0.15) is 0 Å². The van der Waals surface area contributed by atoms with Crippen LogP contribution in [0, 0.1) is 16.6 Å². The van der Waals surface area contributed by atoms with E-state index in [9.17, 15) is 49.8 Å². The molecule has 1 aromatic carbocycles. The number of rotatable bonds is 20. The summed E-state index contributed by atoms with van der Waals surface area (Å²) in [6, 6.07) is 0. The number of fused-ring (bicyclic) bond motifs is 1. The van der Waals surface area contributed by atoms with Crippen molar-refractivity contribution in [2.75, 3.05) is 37.8 Å². The van der Waals surface area contributed by atoms with Crippen molar-refractivity contribution in [1.82, 2.24) is 20.3 Å². The number of halogens is 5. The van der Waals surface area contributed by atoms with Crippen LogP contribution in [0.1, 0.15) is 97.3 Å². The Hall–Kier alpha value is -1.75. The van der Waals surface area contributed by atoms with E-state index in [4.69, 9.17) is 4.74 Å². The smallest absolute Gasteiger partial charge is 0.306 e. The van der Waals surface area contributed by atoms with E-state index >= 15 is 8.78 Å². The topological polar surface area (TPSA) is 245 Å². The third kappa shape index (κ3) is 12.4. The third-order valence-electron chi connectivity index (χ3n) is 9.34. The van der Waals surface area contributed by atoms with Crippen LogP contribution in [0.2, 0.25) is 0 Å². The second kappa shape index (κ2) is 22.6. The molecule has 7 N–H and O–H groups in total. The van der Waals surface area contributed by atoms with Crippen molar-refractivity contribution in [2.24, 2.45) is 5.92 Å². The van der Waals surface area contributed by atoms with Crippen LogP contribution in [0.4, 0.5) is 14.5 Å². The number of alkyl halides is 2. The molecule has 16 nitrogen and oxygen atoms in total. The molecular weight excluding hydrogens is 1090 g/mol. The molecule has 0 bridgehead atoms. The summed E-state index contributed by atoms with van der Waals surface area (Å²) in [4.78, 5) is 55.1. The molecule has 0 spiro atoms. The van der Waals surface area contributed by atoms with E-state index in [1.165, 1.54) is 4.68 Å². The lowest BCUT2D eigenvalue weighted by Crippen LogP contribution is -2.41. The van der Waals surface area contributed by atoms with Gasteiger partial charge in [-0.25, -0.2) is 4.68 Å². The molecule has 5 atom stereocenters. The number of nitrogens with zero attached hydrogens (tertiary/aromatic N) is 4. The van der Waals surface area contributed by atoms with Gasteiger partial charge in [-0.3, -0.25) is 19.2 Å². The zero-order chi connectivity index (χ0) is 41.9. The van der Waals surface area contributed by atoms with Gasteiger partial charge in [0.2, 0.25) is 5.91 Å². The maximum atomic E-state index is 16.0. The van der Waals surface area contributed by atoms with E-state index in [1.807, 2.05) is 52.1 Å². The fourth-order valence-corrected chi connectivity index (χ4v) is 10.8. The fraction of sp³-hybridized carbons (Fsp3) is 0.657. The quantitative estimate of drug-likeness (QED) is 0.0574. The van der Waals surface area contributed by atoms with Crippen LogP contribution in [-0.4, -0.2) is 127 Å². The van der Waals surface area contributed by atoms with Crippen molar-refractivity contribution < 1.29 is 63.3 Å². The molecule has 0 saturated heterocycles. The van der Waals surface area contributed by atoms with Crippen LogP contribution in [0.5, 0.6) is 0 Å². The number of esters is 1. The SMILES string of the molecule is CCC(C)OC(=O)CC1CCCCc2c(nnn2CCC(=O)N(CC(O)CO)c2c(I)c(C(=O)CCC(O)CO)c(I)c(C(=O)NCC(O)CO)c2I)C1(F)F. The molecule has 1 aliphatic rings. The first kappa shape index (κ1) is 48.6. The van der Waals surface area contributed by atoms with Crippen LogP contribution >= 0.6 is 67.8 Å². The van der Waals surface area contributed by atoms with Crippen molar-refractivity contribution >= 4 is 97.0 Å². The number of aliphatic hydroxyl groups is 6. The summed E-state index contributed by atoms with van der Waals surface area (Å²) in [7, 11) is 0. The van der Waals surface area contributed by atoms with E-state index in [0.717, 1.165) is 4.90 Å². The van der Waals surface area contributed by atoms with Crippen LogP contribution in [-0.2, 0) is 33.2 Å². The minimum absolute atomic E-state index is 0.00150. The molecule has 3 rings (SSSR count). The van der Waals surface area contributed by atoms with Gasteiger partial charge in [0, 0.05) is 38.0 Å². The zero-order valence-electron chi connectivity index (χ0n) is 30.9. The van der Waals surface area contributed by atoms with E-state index < -0.39 is 105 Å². The number of aryl methyl sites for hydroxylation is 1. The highest BCUT2D eigenvalue weighted by atomic mass is 127. The Labute approximate surface area is 363 Å². The molecule has 56 heavy (non-hydrogen) atoms. The van der Waals surface area contributed by atoms with Gasteiger partial charge in [-0.05, 0) is 107 Å². The maximum Gasteiger partial charge on any atom is 0.306 e. The number of nitrogens with one attached hydrogen (secondary N) is 1. The van der Waals surface area contributed by atoms with Gasteiger partial charge in [-0.1, -0.05) is 18.6 Å². The monoisotopic (exact) mass is 1130 g/mol. The van der Waals surface area contributed by atoms with Gasteiger partial charge in [-0.15, -0.1) is 5.10 Å². The lowest BCUT2D eigenvalue weighted by Gasteiger charge is -2.30. The highest BCUT2D eigenvalue weighted by molar-refractivity contribution is 14.1. The molecule has 1 aliphatic carbocycles. The number of hydrogen-bond acceptors (Lipinski definition) is 13. The molecule has 314 valence electrons. The van der Waals surface area contributed by atoms with Crippen LogP contribution in [0.15, 0.2) is 0 Å². The van der Waals surface area contributed by atoms with E-state index in [1.54, 1.807) is 29.5 Å². The van der Waals surface area contributed by atoms with Gasteiger partial charge in [-0.2, -0.15) is 8.78 Å². The number of carbonyl (C=O) groups excluding carboxylic acids is 4. The molecule has 2 aromatic rings. The summed E-state index contributed by atoms with van der Waals surface area (Å²) in [5.41, 5.74) is -0.535. The molecule has 1 aromatic heterocycles. The van der Waals surface area contributed by atoms with Gasteiger partial charge in [0.05, 0.1) is 84.3 Å². The zero-order valence-corrected chi connectivity index (χ0v) is 37.4.